The van der Waals surface area contributed by atoms with Crippen molar-refractivity contribution in [2.24, 2.45) is 0 Å². The second-order valence-corrected chi connectivity index (χ2v) is 5.91. The third-order valence-corrected chi connectivity index (χ3v) is 4.03. The zero-order valence-electron chi connectivity index (χ0n) is 10.7. The van der Waals surface area contributed by atoms with Crippen LogP contribution in [-0.4, -0.2) is 17.1 Å². The van der Waals surface area contributed by atoms with Crippen molar-refractivity contribution in [1.82, 2.24) is 5.32 Å². The molecule has 1 aliphatic rings. The Labute approximate surface area is 125 Å². The van der Waals surface area contributed by atoms with Crippen LogP contribution >= 0.6 is 15.9 Å². The summed E-state index contributed by atoms with van der Waals surface area (Å²) in [5.41, 5.74) is 1.56. The molecule has 0 heterocycles. The Kier molecular flexibility index (Phi) is 3.49. The lowest BCUT2D eigenvalue weighted by Crippen LogP contribution is -2.26. The molecule has 102 valence electrons. The van der Waals surface area contributed by atoms with E-state index in [0.29, 0.717) is 11.5 Å². The number of rotatable bonds is 3. The highest BCUT2D eigenvalue weighted by molar-refractivity contribution is 9.10. The summed E-state index contributed by atoms with van der Waals surface area (Å²) >= 11 is 3.26. The minimum absolute atomic E-state index is 0.00575. The molecule has 0 aliphatic heterocycles. The van der Waals surface area contributed by atoms with Gasteiger partial charge in [0.2, 0.25) is 0 Å². The average Bonchev–Trinajstić information content (AvgIpc) is 3.18. The van der Waals surface area contributed by atoms with Gasteiger partial charge in [0.1, 0.15) is 5.75 Å². The van der Waals surface area contributed by atoms with Gasteiger partial charge >= 0.3 is 0 Å². The zero-order chi connectivity index (χ0) is 14.1. The quantitative estimate of drug-likeness (QED) is 0.905. The topological polar surface area (TPSA) is 49.3 Å². The number of carbonyl (C=O) groups is 1. The summed E-state index contributed by atoms with van der Waals surface area (Å²) in [6, 6.07) is 15.2. The molecule has 4 heteroatoms. The molecule has 2 aromatic carbocycles. The van der Waals surface area contributed by atoms with Crippen molar-refractivity contribution in [3.63, 3.8) is 0 Å². The van der Waals surface area contributed by atoms with Gasteiger partial charge in [-0.05, 0) is 30.2 Å². The standard InChI is InChI=1S/C16H14BrNO2/c17-11-6-7-12(15(19)8-11)16(20)18-14-9-13(14)10-4-2-1-3-5-10/h1-8,13-14,19H,9H2,(H,18,20). The van der Waals surface area contributed by atoms with Gasteiger partial charge in [0.05, 0.1) is 5.56 Å². The molecule has 1 fully saturated rings. The number of carbonyl (C=O) groups excluding carboxylic acids is 1. The van der Waals surface area contributed by atoms with E-state index in [1.807, 2.05) is 18.2 Å². The lowest BCUT2D eigenvalue weighted by atomic mass is 10.1. The zero-order valence-corrected chi connectivity index (χ0v) is 12.3. The molecule has 0 saturated heterocycles. The molecule has 1 amide bonds. The van der Waals surface area contributed by atoms with Crippen molar-refractivity contribution >= 4 is 21.8 Å². The molecule has 0 bridgehead atoms. The largest absolute Gasteiger partial charge is 0.507 e. The van der Waals surface area contributed by atoms with Crippen molar-refractivity contribution < 1.29 is 9.90 Å². The van der Waals surface area contributed by atoms with Crippen LogP contribution in [0, 0.1) is 0 Å². The number of halogens is 1. The van der Waals surface area contributed by atoms with Crippen molar-refractivity contribution in [3.8, 4) is 5.75 Å². The third-order valence-electron chi connectivity index (χ3n) is 3.54. The van der Waals surface area contributed by atoms with Gasteiger partial charge in [-0.15, -0.1) is 0 Å². The van der Waals surface area contributed by atoms with Gasteiger partial charge in [-0.3, -0.25) is 4.79 Å². The van der Waals surface area contributed by atoms with Gasteiger partial charge in [0.15, 0.2) is 0 Å². The number of benzene rings is 2. The van der Waals surface area contributed by atoms with Crippen molar-refractivity contribution in [1.29, 1.82) is 0 Å². The monoisotopic (exact) mass is 331 g/mol. The second kappa shape index (κ2) is 5.29. The van der Waals surface area contributed by atoms with E-state index in [1.54, 1.807) is 12.1 Å². The normalized spacial score (nSPS) is 20.4. The fourth-order valence-corrected chi connectivity index (χ4v) is 2.72. The van der Waals surface area contributed by atoms with Crippen LogP contribution < -0.4 is 5.32 Å². The fraction of sp³-hybridized carbons (Fsp3) is 0.188. The second-order valence-electron chi connectivity index (χ2n) is 4.99. The molecule has 20 heavy (non-hydrogen) atoms. The maximum absolute atomic E-state index is 12.1. The first-order chi connectivity index (χ1) is 9.65. The summed E-state index contributed by atoms with van der Waals surface area (Å²) in [5.74, 6) is 0.157. The highest BCUT2D eigenvalue weighted by Crippen LogP contribution is 2.40. The molecule has 2 aromatic rings. The molecule has 2 atom stereocenters. The first-order valence-corrected chi connectivity index (χ1v) is 7.29. The molecular formula is C16H14BrNO2. The van der Waals surface area contributed by atoms with E-state index in [2.05, 4.69) is 33.4 Å². The summed E-state index contributed by atoms with van der Waals surface area (Å²) in [6.45, 7) is 0. The number of nitrogens with one attached hydrogen (secondary N) is 1. The van der Waals surface area contributed by atoms with Crippen molar-refractivity contribution in [2.75, 3.05) is 0 Å². The van der Waals surface area contributed by atoms with Gasteiger partial charge in [0, 0.05) is 16.4 Å². The lowest BCUT2D eigenvalue weighted by Gasteiger charge is -2.07. The van der Waals surface area contributed by atoms with Crippen LogP contribution in [0.4, 0.5) is 0 Å². The first-order valence-electron chi connectivity index (χ1n) is 6.49. The Morgan fingerprint density at radius 1 is 1.20 bits per heavy atom. The smallest absolute Gasteiger partial charge is 0.255 e. The Bertz CT molecular complexity index is 642. The Morgan fingerprint density at radius 2 is 1.95 bits per heavy atom. The molecule has 0 aromatic heterocycles. The number of phenolic OH excluding ortho intramolecular Hbond substituents is 1. The summed E-state index contributed by atoms with van der Waals surface area (Å²) in [6.07, 6.45) is 0.951. The van der Waals surface area contributed by atoms with E-state index in [4.69, 9.17) is 0 Å². The van der Waals surface area contributed by atoms with Crippen LogP contribution in [0.25, 0.3) is 0 Å². The highest BCUT2D eigenvalue weighted by atomic mass is 79.9. The van der Waals surface area contributed by atoms with Crippen molar-refractivity contribution in [3.05, 3.63) is 64.1 Å². The number of aromatic hydroxyl groups is 1. The number of hydrogen-bond donors (Lipinski definition) is 2. The summed E-state index contributed by atoms with van der Waals surface area (Å²) in [7, 11) is 0. The van der Waals surface area contributed by atoms with Gasteiger partial charge in [-0.25, -0.2) is 0 Å². The fourth-order valence-electron chi connectivity index (χ4n) is 2.37. The van der Waals surface area contributed by atoms with E-state index >= 15 is 0 Å². The molecule has 2 N–H and O–H groups in total. The lowest BCUT2D eigenvalue weighted by molar-refractivity contribution is 0.0947. The van der Waals surface area contributed by atoms with E-state index in [1.165, 1.54) is 11.6 Å². The van der Waals surface area contributed by atoms with E-state index in [9.17, 15) is 9.90 Å². The molecule has 3 nitrogen and oxygen atoms in total. The van der Waals surface area contributed by atoms with Crippen LogP contribution in [0.2, 0.25) is 0 Å². The molecule has 3 rings (SSSR count). The van der Waals surface area contributed by atoms with E-state index in [0.717, 1.165) is 10.9 Å². The SMILES string of the molecule is O=C(NC1CC1c1ccccc1)c1ccc(Br)cc1O. The summed E-state index contributed by atoms with van der Waals surface area (Å²) in [4.78, 5) is 12.1. The minimum Gasteiger partial charge on any atom is -0.507 e. The summed E-state index contributed by atoms with van der Waals surface area (Å²) in [5, 5.41) is 12.8. The van der Waals surface area contributed by atoms with E-state index < -0.39 is 0 Å². The molecular weight excluding hydrogens is 318 g/mol. The van der Waals surface area contributed by atoms with Gasteiger partial charge in [-0.1, -0.05) is 46.3 Å². The highest BCUT2D eigenvalue weighted by Gasteiger charge is 2.39. The molecule has 1 aliphatic carbocycles. The van der Waals surface area contributed by atoms with Crippen LogP contribution in [0.5, 0.6) is 5.75 Å². The van der Waals surface area contributed by atoms with Gasteiger partial charge in [-0.2, -0.15) is 0 Å². The Morgan fingerprint density at radius 3 is 2.65 bits per heavy atom. The molecule has 1 saturated carbocycles. The number of phenols is 1. The number of amides is 1. The van der Waals surface area contributed by atoms with Crippen LogP contribution in [0.1, 0.15) is 28.3 Å². The minimum atomic E-state index is -0.224. The third kappa shape index (κ3) is 2.70. The average molecular weight is 332 g/mol. The predicted molar refractivity (Wildman–Crippen MR) is 80.9 cm³/mol. The van der Waals surface area contributed by atoms with Crippen LogP contribution in [0.3, 0.4) is 0 Å². The first kappa shape index (κ1) is 13.2. The molecule has 2 unspecified atom stereocenters. The van der Waals surface area contributed by atoms with Gasteiger partial charge in [0.25, 0.3) is 5.91 Å². The predicted octanol–water partition coefficient (Wildman–Crippen LogP) is 3.44. The van der Waals surface area contributed by atoms with Crippen molar-refractivity contribution in [2.45, 2.75) is 18.4 Å². The summed E-state index contributed by atoms with van der Waals surface area (Å²) < 4.78 is 0.750. The Balaban J connectivity index is 1.66. The molecule has 0 radical (unpaired) electrons. The Hall–Kier alpha value is -1.81. The maximum atomic E-state index is 12.1. The van der Waals surface area contributed by atoms with Gasteiger partial charge < -0.3 is 10.4 Å². The maximum Gasteiger partial charge on any atom is 0.255 e. The number of hydrogen-bond acceptors (Lipinski definition) is 2. The van der Waals surface area contributed by atoms with E-state index in [-0.39, 0.29) is 17.7 Å². The molecule has 0 spiro atoms. The van der Waals surface area contributed by atoms with Crippen LogP contribution in [-0.2, 0) is 0 Å². The van der Waals surface area contributed by atoms with Crippen LogP contribution in [0.15, 0.2) is 53.0 Å².